The van der Waals surface area contributed by atoms with E-state index in [0.717, 1.165) is 75.4 Å². The predicted molar refractivity (Wildman–Crippen MR) is 206 cm³/mol. The van der Waals surface area contributed by atoms with Crippen molar-refractivity contribution in [1.29, 1.82) is 0 Å². The van der Waals surface area contributed by atoms with Crippen LogP contribution in [0, 0.1) is 25.7 Å². The maximum Gasteiger partial charge on any atom is 0.410 e. The molecule has 0 saturated carbocycles. The van der Waals surface area contributed by atoms with E-state index in [1.807, 2.05) is 29.0 Å². The Morgan fingerprint density at radius 1 is 0.750 bits per heavy atom. The van der Waals surface area contributed by atoms with Crippen LogP contribution in [0.4, 0.5) is 9.59 Å². The molecule has 0 spiro atoms. The number of aromatic nitrogens is 2. The lowest BCUT2D eigenvalue weighted by atomic mass is 9.94. The number of aryl methyl sites for hydroxylation is 2. The first-order chi connectivity index (χ1) is 25.2. The number of hydrogen-bond donors (Lipinski definition) is 0. The molecule has 6 rings (SSSR count). The summed E-state index contributed by atoms with van der Waals surface area (Å²) in [5.41, 5.74) is 7.51. The number of thiazole rings is 2. The molecule has 0 atom stereocenters. The van der Waals surface area contributed by atoms with Crippen LogP contribution in [-0.2, 0) is 22.7 Å². The van der Waals surface area contributed by atoms with Gasteiger partial charge in [-0.25, -0.2) is 19.6 Å². The predicted octanol–water partition coefficient (Wildman–Crippen LogP) is 9.85. The van der Waals surface area contributed by atoms with Gasteiger partial charge in [-0.3, -0.25) is 0 Å². The number of ether oxygens (including phenoxy) is 4. The summed E-state index contributed by atoms with van der Waals surface area (Å²) >= 11 is 15.1. The fraction of sp³-hybridized carbons (Fsp3) is 0.474. The van der Waals surface area contributed by atoms with Crippen molar-refractivity contribution in [3.8, 4) is 11.5 Å². The molecule has 2 aromatic carbocycles. The van der Waals surface area contributed by atoms with E-state index in [4.69, 9.17) is 42.1 Å². The van der Waals surface area contributed by atoms with Gasteiger partial charge >= 0.3 is 12.2 Å². The van der Waals surface area contributed by atoms with Gasteiger partial charge in [0.2, 0.25) is 0 Å². The smallest absolute Gasteiger partial charge is 0.410 e. The van der Waals surface area contributed by atoms with E-state index in [0.29, 0.717) is 47.3 Å². The average Bonchev–Trinajstić information content (AvgIpc) is 3.88. The van der Waals surface area contributed by atoms with Crippen molar-refractivity contribution in [2.45, 2.75) is 65.6 Å². The van der Waals surface area contributed by atoms with Gasteiger partial charge < -0.3 is 28.7 Å². The van der Waals surface area contributed by atoms with Crippen molar-refractivity contribution in [3.05, 3.63) is 90.7 Å². The first-order valence-electron chi connectivity index (χ1n) is 17.6. The zero-order valence-electron chi connectivity index (χ0n) is 29.6. The summed E-state index contributed by atoms with van der Waals surface area (Å²) in [5, 5.41) is 4.72. The number of halogens is 2. The molecule has 52 heavy (non-hydrogen) atoms. The number of carbonyl (C=O) groups is 2. The zero-order valence-corrected chi connectivity index (χ0v) is 32.8. The van der Waals surface area contributed by atoms with E-state index >= 15 is 0 Å². The van der Waals surface area contributed by atoms with Gasteiger partial charge in [0.1, 0.15) is 29.7 Å². The van der Waals surface area contributed by atoms with Gasteiger partial charge in [-0.05, 0) is 88.0 Å². The molecule has 10 nitrogen and oxygen atoms in total. The van der Waals surface area contributed by atoms with E-state index in [9.17, 15) is 9.59 Å². The molecule has 2 amide bonds. The lowest BCUT2D eigenvalue weighted by Crippen LogP contribution is -2.39. The van der Waals surface area contributed by atoms with Gasteiger partial charge in [0.25, 0.3) is 0 Å². The second kappa shape index (κ2) is 20.6. The van der Waals surface area contributed by atoms with E-state index in [-0.39, 0.29) is 25.4 Å². The summed E-state index contributed by atoms with van der Waals surface area (Å²) in [6, 6.07) is 11.6. The molecule has 0 bridgehead atoms. The topological polar surface area (TPSA) is 103 Å². The van der Waals surface area contributed by atoms with Gasteiger partial charge in [0.05, 0.1) is 40.6 Å². The number of likely N-dealkylation sites (tertiary alicyclic amines) is 2. The van der Waals surface area contributed by atoms with Crippen LogP contribution in [0.3, 0.4) is 0 Å². The van der Waals surface area contributed by atoms with Crippen LogP contribution in [0.15, 0.2) is 58.2 Å². The number of hydrogen-bond acceptors (Lipinski definition) is 10. The molecule has 0 radical (unpaired) electrons. The molecule has 4 aromatic rings. The van der Waals surface area contributed by atoms with Crippen LogP contribution < -0.4 is 9.47 Å². The normalized spacial score (nSPS) is 15.1. The minimum Gasteiger partial charge on any atom is -0.493 e. The summed E-state index contributed by atoms with van der Waals surface area (Å²) < 4.78 is 22.3. The Morgan fingerprint density at radius 2 is 1.27 bits per heavy atom. The SMILES string of the molecule is Cc1ccc(OCCC2CCN(C(=O)OCc3cscn3)CC2)c(C)c1.O=C(OCc1cscn1)N1CCC(CCOc2cccc(Cl)c2Cl)CC1. The van der Waals surface area contributed by atoms with Crippen molar-refractivity contribution in [3.63, 3.8) is 0 Å². The highest BCUT2D eigenvalue weighted by molar-refractivity contribution is 7.07. The summed E-state index contributed by atoms with van der Waals surface area (Å²) in [6.07, 6.45) is 5.34. The Labute approximate surface area is 324 Å². The molecule has 2 aliphatic rings. The number of nitrogens with zero attached hydrogens (tertiary/aromatic N) is 4. The minimum absolute atomic E-state index is 0.233. The Hall–Kier alpha value is -3.58. The molecular formula is C38H46Cl2N4O6S2. The summed E-state index contributed by atoms with van der Waals surface area (Å²) in [6.45, 7) is 8.89. The third-order valence-corrected chi connectivity index (χ3v) is 11.3. The van der Waals surface area contributed by atoms with Crippen molar-refractivity contribution in [2.75, 3.05) is 39.4 Å². The highest BCUT2D eigenvalue weighted by atomic mass is 35.5. The van der Waals surface area contributed by atoms with Gasteiger partial charge in [-0.15, -0.1) is 22.7 Å². The van der Waals surface area contributed by atoms with Crippen LogP contribution in [0.5, 0.6) is 11.5 Å². The zero-order chi connectivity index (χ0) is 36.7. The largest absolute Gasteiger partial charge is 0.493 e. The lowest BCUT2D eigenvalue weighted by molar-refractivity contribution is 0.0785. The fourth-order valence-electron chi connectivity index (χ4n) is 6.11. The summed E-state index contributed by atoms with van der Waals surface area (Å²) in [7, 11) is 0. The molecule has 4 heterocycles. The van der Waals surface area contributed by atoms with Crippen LogP contribution >= 0.6 is 45.9 Å². The molecule has 2 saturated heterocycles. The van der Waals surface area contributed by atoms with E-state index in [1.165, 1.54) is 33.8 Å². The standard InChI is InChI=1S/C20H26N2O3S.C18H20Cl2N2O3S/c1-15-3-4-19(16(2)11-15)24-10-7-17-5-8-22(9-6-17)20(23)25-12-18-13-26-14-21-18;19-15-2-1-3-16(17(15)20)24-9-6-13-4-7-22(8-5-13)18(23)25-10-14-11-26-12-21-14/h3-4,11,13-14,17H,5-10,12H2,1-2H3;1-3,11-13H,4-10H2. The second-order valence-electron chi connectivity index (χ2n) is 13.0. The molecule has 0 unspecified atom stereocenters. The Morgan fingerprint density at radius 3 is 1.75 bits per heavy atom. The molecule has 2 aliphatic heterocycles. The average molecular weight is 790 g/mol. The molecule has 0 N–H and O–H groups in total. The molecular weight excluding hydrogens is 743 g/mol. The van der Waals surface area contributed by atoms with Crippen LogP contribution in [0.1, 0.15) is 61.0 Å². The monoisotopic (exact) mass is 788 g/mol. The quantitative estimate of drug-likeness (QED) is 0.140. The summed E-state index contributed by atoms with van der Waals surface area (Å²) in [4.78, 5) is 36.0. The third kappa shape index (κ3) is 12.5. The highest BCUT2D eigenvalue weighted by Gasteiger charge is 2.25. The number of amides is 2. The summed E-state index contributed by atoms with van der Waals surface area (Å²) in [5.74, 6) is 2.71. The molecule has 2 aromatic heterocycles. The van der Waals surface area contributed by atoms with Crippen molar-refractivity contribution >= 4 is 58.1 Å². The molecule has 280 valence electrons. The Kier molecular flexibility index (Phi) is 15.7. The number of carbonyl (C=O) groups excluding carboxylic acids is 2. The Balaban J connectivity index is 0.000000201. The van der Waals surface area contributed by atoms with E-state index in [1.54, 1.807) is 26.9 Å². The van der Waals surface area contributed by atoms with Gasteiger partial charge in [0.15, 0.2) is 0 Å². The maximum atomic E-state index is 12.1. The van der Waals surface area contributed by atoms with Crippen LogP contribution in [0.2, 0.25) is 10.0 Å². The fourth-order valence-corrected chi connectivity index (χ4v) is 7.54. The second-order valence-corrected chi connectivity index (χ2v) is 15.2. The Bertz CT molecular complexity index is 1680. The van der Waals surface area contributed by atoms with Crippen molar-refractivity contribution < 1.29 is 28.5 Å². The molecule has 14 heteroatoms. The van der Waals surface area contributed by atoms with Gasteiger partial charge in [-0.2, -0.15) is 0 Å². The van der Waals surface area contributed by atoms with Crippen molar-refractivity contribution in [2.24, 2.45) is 11.8 Å². The molecule has 2 fully saturated rings. The number of piperidine rings is 2. The number of rotatable bonds is 12. The first kappa shape index (κ1) is 39.6. The third-order valence-electron chi connectivity index (χ3n) is 9.21. The first-order valence-corrected chi connectivity index (χ1v) is 20.2. The highest BCUT2D eigenvalue weighted by Crippen LogP contribution is 2.32. The maximum absolute atomic E-state index is 12.1. The van der Waals surface area contributed by atoms with E-state index in [2.05, 4.69) is 35.9 Å². The van der Waals surface area contributed by atoms with E-state index < -0.39 is 0 Å². The van der Waals surface area contributed by atoms with Crippen molar-refractivity contribution in [1.82, 2.24) is 19.8 Å². The van der Waals surface area contributed by atoms with Crippen LogP contribution in [-0.4, -0.2) is 71.3 Å². The minimum atomic E-state index is -0.265. The lowest BCUT2D eigenvalue weighted by Gasteiger charge is -2.31. The van der Waals surface area contributed by atoms with Crippen LogP contribution in [0.25, 0.3) is 0 Å². The van der Waals surface area contributed by atoms with Gasteiger partial charge in [-0.1, -0.05) is 47.0 Å². The molecule has 0 aliphatic carbocycles. The van der Waals surface area contributed by atoms with Gasteiger partial charge in [0, 0.05) is 36.9 Å². The number of benzene rings is 2.